The summed E-state index contributed by atoms with van der Waals surface area (Å²) in [6, 6.07) is 14.3. The van der Waals surface area contributed by atoms with Gasteiger partial charge in [0.15, 0.2) is 12.1 Å². The lowest BCUT2D eigenvalue weighted by Crippen LogP contribution is -2.47. The van der Waals surface area contributed by atoms with Crippen molar-refractivity contribution >= 4 is 23.6 Å². The zero-order valence-corrected chi connectivity index (χ0v) is 22.0. The first kappa shape index (κ1) is 26.7. The van der Waals surface area contributed by atoms with Crippen LogP contribution in [0.4, 0.5) is 10.5 Å². The molecule has 2 aromatic carbocycles. The minimum Gasteiger partial charge on any atom is -0.438 e. The molecule has 0 spiro atoms. The fourth-order valence-electron chi connectivity index (χ4n) is 4.92. The van der Waals surface area contributed by atoms with Crippen molar-refractivity contribution in [1.29, 1.82) is 0 Å². The Kier molecular flexibility index (Phi) is 8.82. The van der Waals surface area contributed by atoms with Gasteiger partial charge in [-0.15, -0.1) is 0 Å². The molecule has 2 atom stereocenters. The summed E-state index contributed by atoms with van der Waals surface area (Å²) in [6.45, 7) is 9.66. The first-order chi connectivity index (χ1) is 17.8. The van der Waals surface area contributed by atoms with Crippen LogP contribution in [0, 0.1) is 12.8 Å². The monoisotopic (exact) mass is 506 g/mol. The Morgan fingerprint density at radius 1 is 1.08 bits per heavy atom. The fourth-order valence-corrected chi connectivity index (χ4v) is 4.92. The van der Waals surface area contributed by atoms with E-state index < -0.39 is 18.2 Å². The van der Waals surface area contributed by atoms with Crippen molar-refractivity contribution < 1.29 is 19.1 Å². The number of amides is 3. The number of nitrogens with one attached hydrogen (secondary N) is 2. The smallest absolute Gasteiger partial charge is 0.411 e. The molecule has 2 aliphatic heterocycles. The normalized spacial score (nSPS) is 19.8. The van der Waals surface area contributed by atoms with Gasteiger partial charge in [-0.1, -0.05) is 55.8 Å². The van der Waals surface area contributed by atoms with Crippen molar-refractivity contribution in [1.82, 2.24) is 15.1 Å². The number of hydrogen-bond donors (Lipinski definition) is 2. The Bertz CT molecular complexity index is 1100. The molecule has 2 N–H and O–H groups in total. The summed E-state index contributed by atoms with van der Waals surface area (Å²) < 4.78 is 5.80. The lowest BCUT2D eigenvalue weighted by molar-refractivity contribution is -0.126. The highest BCUT2D eigenvalue weighted by Gasteiger charge is 2.47. The van der Waals surface area contributed by atoms with Crippen molar-refractivity contribution in [2.75, 3.05) is 31.5 Å². The summed E-state index contributed by atoms with van der Waals surface area (Å²) in [5.74, 6) is -0.0767. The van der Waals surface area contributed by atoms with E-state index in [4.69, 9.17) is 4.74 Å². The summed E-state index contributed by atoms with van der Waals surface area (Å²) >= 11 is 0. The third-order valence-corrected chi connectivity index (χ3v) is 6.85. The maximum Gasteiger partial charge on any atom is 0.411 e. The fraction of sp³-hybridized carbons (Fsp3) is 0.483. The van der Waals surface area contributed by atoms with Gasteiger partial charge in [-0.05, 0) is 62.0 Å². The number of anilines is 1. The van der Waals surface area contributed by atoms with E-state index in [9.17, 15) is 14.4 Å². The average molecular weight is 507 g/mol. The second kappa shape index (κ2) is 12.2. The second-order valence-corrected chi connectivity index (χ2v) is 10.5. The summed E-state index contributed by atoms with van der Waals surface area (Å²) in [7, 11) is 0. The van der Waals surface area contributed by atoms with E-state index in [0.29, 0.717) is 24.2 Å². The SMILES string of the molecule is Cc1ccc(CN2C(=O)OC(c3cccc(NC(=O)CC(C)C)c3)C2C(=O)NCCN2CCCC2)cc1. The number of hydrogen-bond acceptors (Lipinski definition) is 5. The van der Waals surface area contributed by atoms with Crippen LogP contribution in [0.2, 0.25) is 0 Å². The number of carbonyl (C=O) groups excluding carboxylic acids is 3. The zero-order chi connectivity index (χ0) is 26.4. The predicted molar refractivity (Wildman–Crippen MR) is 143 cm³/mol. The predicted octanol–water partition coefficient (Wildman–Crippen LogP) is 4.25. The Labute approximate surface area is 219 Å². The van der Waals surface area contributed by atoms with E-state index in [1.807, 2.05) is 51.1 Å². The van der Waals surface area contributed by atoms with Crippen molar-refractivity contribution in [3.05, 3.63) is 65.2 Å². The maximum absolute atomic E-state index is 13.5. The number of likely N-dealkylation sites (tertiary alicyclic amines) is 1. The van der Waals surface area contributed by atoms with Gasteiger partial charge in [-0.2, -0.15) is 0 Å². The molecular formula is C29H38N4O4. The molecule has 37 heavy (non-hydrogen) atoms. The standard InChI is InChI=1S/C29H38N4O4/c1-20(2)17-25(34)31-24-8-6-7-23(18-24)27-26(28(35)30-13-16-32-14-4-5-15-32)33(29(36)37-27)19-22-11-9-21(3)10-12-22/h6-12,18,20,26-27H,4-5,13-17,19H2,1-3H3,(H,30,35)(H,31,34). The summed E-state index contributed by atoms with van der Waals surface area (Å²) in [4.78, 5) is 42.7. The quantitative estimate of drug-likeness (QED) is 0.503. The summed E-state index contributed by atoms with van der Waals surface area (Å²) in [6.07, 6.45) is 1.48. The molecule has 198 valence electrons. The molecule has 0 aliphatic carbocycles. The van der Waals surface area contributed by atoms with Crippen LogP contribution < -0.4 is 10.6 Å². The topological polar surface area (TPSA) is 91.0 Å². The van der Waals surface area contributed by atoms with Gasteiger partial charge in [0.25, 0.3) is 0 Å². The number of ether oxygens (including phenoxy) is 1. The van der Waals surface area contributed by atoms with E-state index in [1.165, 1.54) is 17.7 Å². The molecule has 2 fully saturated rings. The van der Waals surface area contributed by atoms with Crippen molar-refractivity contribution in [3.8, 4) is 0 Å². The van der Waals surface area contributed by atoms with Crippen molar-refractivity contribution in [2.24, 2.45) is 5.92 Å². The van der Waals surface area contributed by atoms with Gasteiger partial charge in [-0.3, -0.25) is 14.5 Å². The van der Waals surface area contributed by atoms with E-state index in [2.05, 4.69) is 15.5 Å². The van der Waals surface area contributed by atoms with E-state index >= 15 is 0 Å². The van der Waals surface area contributed by atoms with Crippen molar-refractivity contribution in [3.63, 3.8) is 0 Å². The Morgan fingerprint density at radius 2 is 1.81 bits per heavy atom. The van der Waals surface area contributed by atoms with Crippen LogP contribution in [-0.2, 0) is 20.9 Å². The van der Waals surface area contributed by atoms with Crippen LogP contribution in [0.1, 0.15) is 55.9 Å². The van der Waals surface area contributed by atoms with Crippen LogP contribution >= 0.6 is 0 Å². The number of carbonyl (C=O) groups is 3. The minimum atomic E-state index is -0.825. The lowest BCUT2D eigenvalue weighted by atomic mass is 10.00. The first-order valence-corrected chi connectivity index (χ1v) is 13.2. The van der Waals surface area contributed by atoms with Gasteiger partial charge in [0, 0.05) is 25.2 Å². The van der Waals surface area contributed by atoms with Crippen LogP contribution in [0.25, 0.3) is 0 Å². The second-order valence-electron chi connectivity index (χ2n) is 10.5. The lowest BCUT2D eigenvalue weighted by Gasteiger charge is -2.25. The van der Waals surface area contributed by atoms with Crippen molar-refractivity contribution in [2.45, 2.75) is 58.7 Å². The largest absolute Gasteiger partial charge is 0.438 e. The first-order valence-electron chi connectivity index (χ1n) is 13.2. The molecule has 2 aliphatic rings. The highest BCUT2D eigenvalue weighted by Crippen LogP contribution is 2.35. The van der Waals surface area contributed by atoms with Crippen LogP contribution in [-0.4, -0.2) is 59.9 Å². The number of rotatable bonds is 10. The number of nitrogens with zero attached hydrogens (tertiary/aromatic N) is 2. The third-order valence-electron chi connectivity index (χ3n) is 6.85. The molecule has 8 nitrogen and oxygen atoms in total. The average Bonchev–Trinajstić information content (AvgIpc) is 3.48. The molecule has 8 heteroatoms. The van der Waals surface area contributed by atoms with Gasteiger partial charge in [0.1, 0.15) is 0 Å². The highest BCUT2D eigenvalue weighted by atomic mass is 16.6. The molecule has 0 bridgehead atoms. The number of aryl methyl sites for hydroxylation is 1. The number of benzene rings is 2. The Balaban J connectivity index is 1.54. The summed E-state index contributed by atoms with van der Waals surface area (Å²) in [5, 5.41) is 5.96. The molecule has 0 radical (unpaired) electrons. The minimum absolute atomic E-state index is 0.0761. The molecule has 2 saturated heterocycles. The molecule has 3 amide bonds. The molecule has 2 heterocycles. The molecule has 4 rings (SSSR count). The third kappa shape index (κ3) is 7.10. The highest BCUT2D eigenvalue weighted by molar-refractivity contribution is 5.91. The van der Waals surface area contributed by atoms with E-state index in [0.717, 1.165) is 30.8 Å². The molecule has 2 aromatic rings. The summed E-state index contributed by atoms with van der Waals surface area (Å²) in [5.41, 5.74) is 3.33. The maximum atomic E-state index is 13.5. The van der Waals surface area contributed by atoms with E-state index in [1.54, 1.807) is 18.2 Å². The van der Waals surface area contributed by atoms with Gasteiger partial charge >= 0.3 is 6.09 Å². The zero-order valence-electron chi connectivity index (χ0n) is 22.0. The van der Waals surface area contributed by atoms with E-state index in [-0.39, 0.29) is 24.3 Å². The van der Waals surface area contributed by atoms with Gasteiger partial charge in [0.2, 0.25) is 11.8 Å². The van der Waals surface area contributed by atoms with Crippen LogP contribution in [0.5, 0.6) is 0 Å². The van der Waals surface area contributed by atoms with Gasteiger partial charge in [0.05, 0.1) is 6.54 Å². The van der Waals surface area contributed by atoms with Gasteiger partial charge in [-0.25, -0.2) is 4.79 Å². The Morgan fingerprint density at radius 3 is 2.51 bits per heavy atom. The number of cyclic esters (lactones) is 1. The van der Waals surface area contributed by atoms with Crippen LogP contribution in [0.3, 0.4) is 0 Å². The Hall–Kier alpha value is -3.39. The van der Waals surface area contributed by atoms with Gasteiger partial charge < -0.3 is 20.3 Å². The molecule has 2 unspecified atom stereocenters. The molecule has 0 aromatic heterocycles. The molecular weight excluding hydrogens is 468 g/mol. The van der Waals surface area contributed by atoms with Crippen LogP contribution in [0.15, 0.2) is 48.5 Å². The molecule has 0 saturated carbocycles.